The van der Waals surface area contributed by atoms with Crippen LogP contribution in [-0.4, -0.2) is 32.1 Å². The largest absolute Gasteiger partial charge is 0.361 e. The molecular formula is C35H31FN6OS. The molecule has 4 N–H and O–H groups in total. The summed E-state index contributed by atoms with van der Waals surface area (Å²) in [5.41, 5.74) is 10.0. The molecule has 0 aliphatic heterocycles. The lowest BCUT2D eigenvalue weighted by molar-refractivity contribution is 0.0939. The Balaban J connectivity index is 1.10. The van der Waals surface area contributed by atoms with Gasteiger partial charge in [-0.2, -0.15) is 0 Å². The molecule has 4 aromatic carbocycles. The van der Waals surface area contributed by atoms with E-state index in [0.29, 0.717) is 28.3 Å². The van der Waals surface area contributed by atoms with Gasteiger partial charge in [0.2, 0.25) is 0 Å². The first kappa shape index (κ1) is 28.8. The maximum Gasteiger partial charge on any atom is 0.286 e. The van der Waals surface area contributed by atoms with Crippen molar-refractivity contribution in [2.24, 2.45) is 0 Å². The number of carbonyl (C=O) groups excluding carboxylic acids is 1. The molecule has 0 unspecified atom stereocenters. The highest BCUT2D eigenvalue weighted by Gasteiger charge is 2.38. The van der Waals surface area contributed by atoms with Crippen LogP contribution in [0.25, 0.3) is 10.9 Å². The normalized spacial score (nSPS) is 11.3. The SMILES string of the molecule is O=C(NNC(=S)NCCCc1cn(C(c2ccccc2)(c2ccccc2)c2ccccc2)cn1)c1cc2cc(F)ccc2[nH]1. The summed E-state index contributed by atoms with van der Waals surface area (Å²) in [5, 5.41) is 4.03. The number of H-pyrrole nitrogens is 1. The average molecular weight is 603 g/mol. The summed E-state index contributed by atoms with van der Waals surface area (Å²) in [4.78, 5) is 20.3. The van der Waals surface area contributed by atoms with Crippen LogP contribution < -0.4 is 16.2 Å². The minimum absolute atomic E-state index is 0.294. The number of aryl methyl sites for hydroxylation is 1. The second-order valence-electron chi connectivity index (χ2n) is 10.4. The molecule has 0 aliphatic carbocycles. The van der Waals surface area contributed by atoms with Gasteiger partial charge in [-0.05, 0) is 66.0 Å². The number of aromatic nitrogens is 3. The average Bonchev–Trinajstić information content (AvgIpc) is 3.71. The van der Waals surface area contributed by atoms with Crippen molar-refractivity contribution in [1.82, 2.24) is 30.7 Å². The highest BCUT2D eigenvalue weighted by molar-refractivity contribution is 7.80. The Morgan fingerprint density at radius 1 is 0.841 bits per heavy atom. The molecule has 1 amide bonds. The third kappa shape index (κ3) is 5.95. The van der Waals surface area contributed by atoms with Gasteiger partial charge in [0.1, 0.15) is 17.1 Å². The number of thiocarbonyl (C=S) groups is 1. The molecule has 2 heterocycles. The molecule has 0 fully saturated rings. The number of carbonyl (C=O) groups is 1. The van der Waals surface area contributed by atoms with Crippen LogP contribution in [0.3, 0.4) is 0 Å². The Hall–Kier alpha value is -5.28. The zero-order valence-corrected chi connectivity index (χ0v) is 24.7. The van der Waals surface area contributed by atoms with Crippen molar-refractivity contribution in [3.05, 3.63) is 162 Å². The monoisotopic (exact) mass is 602 g/mol. The zero-order chi connectivity index (χ0) is 30.4. The van der Waals surface area contributed by atoms with Crippen LogP contribution in [0.15, 0.2) is 128 Å². The van der Waals surface area contributed by atoms with Crippen molar-refractivity contribution in [3.8, 4) is 0 Å². The second kappa shape index (κ2) is 12.9. The third-order valence-corrected chi connectivity index (χ3v) is 7.86. The molecule has 0 atom stereocenters. The number of nitrogens with zero attached hydrogens (tertiary/aromatic N) is 2. The third-order valence-electron chi connectivity index (χ3n) is 7.61. The fourth-order valence-electron chi connectivity index (χ4n) is 5.58. The van der Waals surface area contributed by atoms with Crippen LogP contribution in [-0.2, 0) is 12.0 Å². The number of hydrogen-bond donors (Lipinski definition) is 4. The standard InChI is InChI=1S/C35H31FN6OS/c36-29-18-19-31-25(21-29)22-32(39-31)33(43)40-41-34(44)37-20-10-17-30-23-42(24-38-30)35(26-11-4-1-5-12-26,27-13-6-2-7-14-27)28-15-8-3-9-16-28/h1-9,11-16,18-19,21-24,39H,10,17,20H2,(H,40,43)(H2,37,41,44). The van der Waals surface area contributed by atoms with Gasteiger partial charge in [-0.15, -0.1) is 0 Å². The Labute approximate surface area is 260 Å². The van der Waals surface area contributed by atoms with E-state index >= 15 is 0 Å². The number of imidazole rings is 1. The van der Waals surface area contributed by atoms with Crippen LogP contribution in [0.2, 0.25) is 0 Å². The molecule has 9 heteroatoms. The first-order valence-electron chi connectivity index (χ1n) is 14.4. The maximum absolute atomic E-state index is 13.5. The Bertz CT molecular complexity index is 1770. The van der Waals surface area contributed by atoms with Gasteiger partial charge in [-0.25, -0.2) is 9.37 Å². The lowest BCUT2D eigenvalue weighted by Gasteiger charge is -2.37. The van der Waals surface area contributed by atoms with E-state index in [-0.39, 0.29) is 5.82 Å². The summed E-state index contributed by atoms with van der Waals surface area (Å²) < 4.78 is 15.7. The lowest BCUT2D eigenvalue weighted by atomic mass is 9.77. The van der Waals surface area contributed by atoms with Crippen LogP contribution in [0, 0.1) is 5.82 Å². The quantitative estimate of drug-likeness (QED) is 0.0697. The van der Waals surface area contributed by atoms with Crippen molar-refractivity contribution in [1.29, 1.82) is 0 Å². The Morgan fingerprint density at radius 2 is 1.45 bits per heavy atom. The second-order valence-corrected chi connectivity index (χ2v) is 10.8. The topological polar surface area (TPSA) is 86.8 Å². The molecule has 0 bridgehead atoms. The van der Waals surface area contributed by atoms with Crippen molar-refractivity contribution >= 4 is 34.1 Å². The number of rotatable bonds is 9. The van der Waals surface area contributed by atoms with Crippen molar-refractivity contribution < 1.29 is 9.18 Å². The van der Waals surface area contributed by atoms with E-state index in [9.17, 15) is 9.18 Å². The predicted octanol–water partition coefficient (Wildman–Crippen LogP) is 6.09. The molecule has 0 radical (unpaired) electrons. The summed E-state index contributed by atoms with van der Waals surface area (Å²) in [5.74, 6) is -0.767. The number of nitrogens with one attached hydrogen (secondary N) is 4. The predicted molar refractivity (Wildman–Crippen MR) is 175 cm³/mol. The number of fused-ring (bicyclic) bond motifs is 1. The van der Waals surface area contributed by atoms with Crippen LogP contribution in [0.1, 0.15) is 39.3 Å². The molecule has 0 saturated heterocycles. The highest BCUT2D eigenvalue weighted by atomic mass is 32.1. The minimum Gasteiger partial charge on any atom is -0.361 e. The molecule has 6 aromatic rings. The summed E-state index contributed by atoms with van der Waals surface area (Å²) in [6.07, 6.45) is 5.54. The molecular weight excluding hydrogens is 571 g/mol. The van der Waals surface area contributed by atoms with Gasteiger partial charge in [-0.1, -0.05) is 91.0 Å². The molecule has 0 aliphatic rings. The van der Waals surface area contributed by atoms with Crippen LogP contribution >= 0.6 is 12.2 Å². The van der Waals surface area contributed by atoms with Crippen molar-refractivity contribution in [2.45, 2.75) is 18.4 Å². The van der Waals surface area contributed by atoms with E-state index in [1.54, 1.807) is 12.1 Å². The highest BCUT2D eigenvalue weighted by Crippen LogP contribution is 2.40. The molecule has 6 rings (SSSR count). The van der Waals surface area contributed by atoms with Gasteiger partial charge < -0.3 is 14.9 Å². The molecule has 220 valence electrons. The van der Waals surface area contributed by atoms with E-state index in [4.69, 9.17) is 17.2 Å². The molecule has 7 nitrogen and oxygen atoms in total. The van der Waals surface area contributed by atoms with Crippen molar-refractivity contribution in [2.75, 3.05) is 6.54 Å². The Kier molecular flexibility index (Phi) is 8.47. The summed E-state index contributed by atoms with van der Waals surface area (Å²) in [7, 11) is 0. The fourth-order valence-corrected chi connectivity index (χ4v) is 5.74. The van der Waals surface area contributed by atoms with Crippen LogP contribution in [0.4, 0.5) is 4.39 Å². The van der Waals surface area contributed by atoms with Gasteiger partial charge in [0.05, 0.1) is 12.0 Å². The number of hydrogen-bond acceptors (Lipinski definition) is 3. The van der Waals surface area contributed by atoms with Gasteiger partial charge in [0.25, 0.3) is 5.91 Å². The molecule has 44 heavy (non-hydrogen) atoms. The van der Waals surface area contributed by atoms with E-state index in [2.05, 4.69) is 105 Å². The van der Waals surface area contributed by atoms with E-state index in [0.717, 1.165) is 35.2 Å². The number of halogens is 1. The lowest BCUT2D eigenvalue weighted by Crippen LogP contribution is -2.47. The fraction of sp³-hybridized carbons (Fsp3) is 0.114. The maximum atomic E-state index is 13.5. The summed E-state index contributed by atoms with van der Waals surface area (Å²) in [6.45, 7) is 0.585. The van der Waals surface area contributed by atoms with Gasteiger partial charge in [0.15, 0.2) is 5.11 Å². The van der Waals surface area contributed by atoms with Crippen LogP contribution in [0.5, 0.6) is 0 Å². The first-order valence-corrected chi connectivity index (χ1v) is 14.8. The number of aromatic amines is 1. The van der Waals surface area contributed by atoms with E-state index in [1.165, 1.54) is 12.1 Å². The number of hydrazine groups is 1. The zero-order valence-electron chi connectivity index (χ0n) is 23.8. The van der Waals surface area contributed by atoms with Crippen molar-refractivity contribution in [3.63, 3.8) is 0 Å². The van der Waals surface area contributed by atoms with Gasteiger partial charge >= 0.3 is 0 Å². The van der Waals surface area contributed by atoms with E-state index in [1.807, 2.05) is 24.5 Å². The molecule has 2 aromatic heterocycles. The molecule has 0 spiro atoms. The summed E-state index contributed by atoms with van der Waals surface area (Å²) >= 11 is 5.33. The first-order chi connectivity index (χ1) is 21.5. The van der Waals surface area contributed by atoms with Gasteiger partial charge in [-0.3, -0.25) is 15.6 Å². The van der Waals surface area contributed by atoms with Gasteiger partial charge in [0, 0.05) is 23.6 Å². The minimum atomic E-state index is -0.601. The summed E-state index contributed by atoms with van der Waals surface area (Å²) in [6, 6.07) is 37.4. The Morgan fingerprint density at radius 3 is 2.07 bits per heavy atom. The smallest absolute Gasteiger partial charge is 0.286 e. The molecule has 0 saturated carbocycles. The number of amides is 1. The van der Waals surface area contributed by atoms with E-state index < -0.39 is 11.4 Å². The number of benzene rings is 4.